The fourth-order valence-corrected chi connectivity index (χ4v) is 1.63. The Hall–Kier alpha value is -2.04. The number of aryl methyl sites for hydroxylation is 1. The average molecular weight is 265 g/mol. The number of ether oxygens (including phenoxy) is 1. The molecule has 0 spiro atoms. The number of amides is 1. The molecule has 5 heteroatoms. The van der Waals surface area contributed by atoms with Crippen LogP contribution in [0.1, 0.15) is 25.8 Å². The number of nitrogens with one attached hydrogen (secondary N) is 1. The Kier molecular flexibility index (Phi) is 5.85. The van der Waals surface area contributed by atoms with Crippen LogP contribution in [0.4, 0.5) is 0 Å². The van der Waals surface area contributed by atoms with E-state index in [1.54, 1.807) is 13.0 Å². The molecule has 2 N–H and O–H groups in total. The van der Waals surface area contributed by atoms with E-state index in [0.29, 0.717) is 5.75 Å². The molecule has 1 aromatic carbocycles. The average Bonchev–Trinajstić information content (AvgIpc) is 2.35. The highest BCUT2D eigenvalue weighted by Crippen LogP contribution is 2.13. The molecule has 1 amide bonds. The molecule has 1 atom stereocenters. The van der Waals surface area contributed by atoms with E-state index in [2.05, 4.69) is 5.32 Å². The lowest BCUT2D eigenvalue weighted by Gasteiger charge is -2.12. The summed E-state index contributed by atoms with van der Waals surface area (Å²) in [4.78, 5) is 22.0. The molecule has 1 unspecified atom stereocenters. The van der Waals surface area contributed by atoms with Gasteiger partial charge in [-0.3, -0.25) is 9.59 Å². The first-order valence-corrected chi connectivity index (χ1v) is 6.24. The van der Waals surface area contributed by atoms with Crippen molar-refractivity contribution in [2.75, 3.05) is 6.61 Å². The summed E-state index contributed by atoms with van der Waals surface area (Å²) in [6.45, 7) is 3.57. The topological polar surface area (TPSA) is 75.6 Å². The zero-order valence-corrected chi connectivity index (χ0v) is 11.2. The second kappa shape index (κ2) is 7.41. The number of carboxylic acid groups (broad SMARTS) is 1. The molecule has 1 rings (SSSR count). The first-order chi connectivity index (χ1) is 9.01. The highest BCUT2D eigenvalue weighted by molar-refractivity contribution is 5.78. The van der Waals surface area contributed by atoms with Gasteiger partial charge in [0, 0.05) is 6.04 Å². The summed E-state index contributed by atoms with van der Waals surface area (Å²) in [5, 5.41) is 11.1. The standard InChI is InChI=1S/C14H19NO4/c1-3-11-5-4-6-12(8-11)19-9-13(16)15-10(2)7-14(17)18/h4-6,8,10H,3,7,9H2,1-2H3,(H,15,16)(H,17,18). The smallest absolute Gasteiger partial charge is 0.305 e. The lowest BCUT2D eigenvalue weighted by Crippen LogP contribution is -2.37. The van der Waals surface area contributed by atoms with Crippen LogP contribution in [-0.4, -0.2) is 29.6 Å². The molecule has 5 nitrogen and oxygen atoms in total. The fraction of sp³-hybridized carbons (Fsp3) is 0.429. The summed E-state index contributed by atoms with van der Waals surface area (Å²) in [7, 11) is 0. The summed E-state index contributed by atoms with van der Waals surface area (Å²) in [6.07, 6.45) is 0.802. The normalized spacial score (nSPS) is 11.7. The maximum Gasteiger partial charge on any atom is 0.305 e. The number of aliphatic carboxylic acids is 1. The molecule has 0 bridgehead atoms. The van der Waals surface area contributed by atoms with Crippen molar-refractivity contribution in [3.05, 3.63) is 29.8 Å². The minimum atomic E-state index is -0.940. The van der Waals surface area contributed by atoms with Crippen molar-refractivity contribution in [2.24, 2.45) is 0 Å². The van der Waals surface area contributed by atoms with Crippen molar-refractivity contribution in [2.45, 2.75) is 32.7 Å². The van der Waals surface area contributed by atoms with Crippen molar-refractivity contribution in [3.8, 4) is 5.75 Å². The number of carboxylic acids is 1. The third-order valence-electron chi connectivity index (χ3n) is 2.56. The Bertz CT molecular complexity index is 445. The van der Waals surface area contributed by atoms with E-state index in [0.717, 1.165) is 12.0 Å². The molecular weight excluding hydrogens is 246 g/mol. The lowest BCUT2D eigenvalue weighted by molar-refractivity contribution is -0.137. The van der Waals surface area contributed by atoms with Crippen molar-refractivity contribution in [1.82, 2.24) is 5.32 Å². The molecule has 0 aliphatic rings. The molecule has 0 saturated carbocycles. The minimum Gasteiger partial charge on any atom is -0.484 e. The monoisotopic (exact) mass is 265 g/mol. The zero-order valence-electron chi connectivity index (χ0n) is 11.2. The maximum absolute atomic E-state index is 11.5. The predicted molar refractivity (Wildman–Crippen MR) is 71.2 cm³/mol. The summed E-state index contributed by atoms with van der Waals surface area (Å²) in [6, 6.07) is 7.12. The van der Waals surface area contributed by atoms with Crippen LogP contribution in [0.5, 0.6) is 5.75 Å². The number of hydrogen-bond acceptors (Lipinski definition) is 3. The second-order valence-electron chi connectivity index (χ2n) is 4.36. The van der Waals surface area contributed by atoms with Gasteiger partial charge in [0.2, 0.25) is 0 Å². The Labute approximate surface area is 112 Å². The van der Waals surface area contributed by atoms with Gasteiger partial charge in [-0.1, -0.05) is 19.1 Å². The lowest BCUT2D eigenvalue weighted by atomic mass is 10.2. The molecule has 0 heterocycles. The van der Waals surface area contributed by atoms with Gasteiger partial charge in [-0.15, -0.1) is 0 Å². The van der Waals surface area contributed by atoms with Crippen LogP contribution in [0.3, 0.4) is 0 Å². The summed E-state index contributed by atoms with van der Waals surface area (Å²) in [5.41, 5.74) is 1.14. The SMILES string of the molecule is CCc1cccc(OCC(=O)NC(C)CC(=O)O)c1. The maximum atomic E-state index is 11.5. The Morgan fingerprint density at radius 1 is 1.42 bits per heavy atom. The largest absolute Gasteiger partial charge is 0.484 e. The minimum absolute atomic E-state index is 0.100. The van der Waals surface area contributed by atoms with Crippen LogP contribution < -0.4 is 10.1 Å². The molecule has 1 aromatic rings. The van der Waals surface area contributed by atoms with E-state index < -0.39 is 12.0 Å². The highest BCUT2D eigenvalue weighted by Gasteiger charge is 2.11. The second-order valence-corrected chi connectivity index (χ2v) is 4.36. The van der Waals surface area contributed by atoms with Gasteiger partial charge in [-0.05, 0) is 31.0 Å². The Morgan fingerprint density at radius 3 is 2.79 bits per heavy atom. The molecular formula is C14H19NO4. The molecule has 0 aromatic heterocycles. The molecule has 0 aliphatic carbocycles. The number of carbonyl (C=O) groups is 2. The van der Waals surface area contributed by atoms with E-state index in [1.807, 2.05) is 25.1 Å². The number of hydrogen-bond donors (Lipinski definition) is 2. The van der Waals surface area contributed by atoms with Crippen molar-refractivity contribution >= 4 is 11.9 Å². The van der Waals surface area contributed by atoms with E-state index >= 15 is 0 Å². The number of rotatable bonds is 7. The van der Waals surface area contributed by atoms with Crippen molar-refractivity contribution in [1.29, 1.82) is 0 Å². The summed E-state index contributed by atoms with van der Waals surface area (Å²) in [5.74, 6) is -0.625. The van der Waals surface area contributed by atoms with Crippen molar-refractivity contribution < 1.29 is 19.4 Å². The third-order valence-corrected chi connectivity index (χ3v) is 2.56. The predicted octanol–water partition coefficient (Wildman–Crippen LogP) is 1.61. The van der Waals surface area contributed by atoms with Crippen LogP contribution in [0.15, 0.2) is 24.3 Å². The highest BCUT2D eigenvalue weighted by atomic mass is 16.5. The first-order valence-electron chi connectivity index (χ1n) is 6.24. The fourth-order valence-electron chi connectivity index (χ4n) is 1.63. The molecule has 0 aliphatic heterocycles. The van der Waals surface area contributed by atoms with Crippen LogP contribution in [0.2, 0.25) is 0 Å². The Balaban J connectivity index is 2.39. The van der Waals surface area contributed by atoms with Crippen LogP contribution in [0.25, 0.3) is 0 Å². The van der Waals surface area contributed by atoms with Gasteiger partial charge in [-0.2, -0.15) is 0 Å². The van der Waals surface area contributed by atoms with Gasteiger partial charge in [0.05, 0.1) is 6.42 Å². The third kappa shape index (κ3) is 5.90. The van der Waals surface area contributed by atoms with Gasteiger partial charge in [0.1, 0.15) is 5.75 Å². The number of carbonyl (C=O) groups excluding carboxylic acids is 1. The van der Waals surface area contributed by atoms with Gasteiger partial charge >= 0.3 is 5.97 Å². The van der Waals surface area contributed by atoms with Gasteiger partial charge < -0.3 is 15.2 Å². The first kappa shape index (κ1) is 15.0. The van der Waals surface area contributed by atoms with Gasteiger partial charge in [-0.25, -0.2) is 0 Å². The molecule has 0 saturated heterocycles. The summed E-state index contributed by atoms with van der Waals surface area (Å²) < 4.78 is 5.36. The molecule has 0 fully saturated rings. The van der Waals surface area contributed by atoms with E-state index in [4.69, 9.17) is 9.84 Å². The van der Waals surface area contributed by atoms with E-state index in [1.165, 1.54) is 0 Å². The molecule has 19 heavy (non-hydrogen) atoms. The van der Waals surface area contributed by atoms with Crippen LogP contribution in [-0.2, 0) is 16.0 Å². The van der Waals surface area contributed by atoms with Crippen molar-refractivity contribution in [3.63, 3.8) is 0 Å². The van der Waals surface area contributed by atoms with Crippen LogP contribution in [0, 0.1) is 0 Å². The quantitative estimate of drug-likeness (QED) is 0.785. The Morgan fingerprint density at radius 2 is 2.16 bits per heavy atom. The zero-order chi connectivity index (χ0) is 14.3. The van der Waals surface area contributed by atoms with Gasteiger partial charge in [0.15, 0.2) is 6.61 Å². The van der Waals surface area contributed by atoms with E-state index in [-0.39, 0.29) is 18.9 Å². The molecule has 104 valence electrons. The van der Waals surface area contributed by atoms with E-state index in [9.17, 15) is 9.59 Å². The summed E-state index contributed by atoms with van der Waals surface area (Å²) >= 11 is 0. The molecule has 0 radical (unpaired) electrons. The number of benzene rings is 1. The van der Waals surface area contributed by atoms with Crippen LogP contribution >= 0.6 is 0 Å². The van der Waals surface area contributed by atoms with Gasteiger partial charge in [0.25, 0.3) is 5.91 Å².